The van der Waals surface area contributed by atoms with Crippen LogP contribution in [-0.2, 0) is 19.2 Å². The number of β-lactam (4-membered cyclic amide) rings is 1. The summed E-state index contributed by atoms with van der Waals surface area (Å²) in [5.41, 5.74) is 11.7. The lowest BCUT2D eigenvalue weighted by Gasteiger charge is -2.50. The number of carboxylic acid groups (broad SMARTS) is 1. The summed E-state index contributed by atoms with van der Waals surface area (Å²) in [6.07, 6.45) is 0. The predicted octanol–water partition coefficient (Wildman–Crippen LogP) is -2.32. The summed E-state index contributed by atoms with van der Waals surface area (Å²) in [6, 6.07) is 0.566. The van der Waals surface area contributed by atoms with Gasteiger partial charge in [-0.25, -0.2) is 4.98 Å². The third-order valence-electron chi connectivity index (χ3n) is 5.40. The van der Waals surface area contributed by atoms with Gasteiger partial charge in [0.1, 0.15) is 23.7 Å². The quantitative estimate of drug-likeness (QED) is 0.0378. The maximum atomic E-state index is 13.0. The molecule has 1 unspecified atom stereocenters. The summed E-state index contributed by atoms with van der Waals surface area (Å²) in [6.45, 7) is 1.90. The van der Waals surface area contributed by atoms with E-state index in [1.165, 1.54) is 21.8 Å². The molecule has 2 aromatic rings. The number of amides is 2. The van der Waals surface area contributed by atoms with Crippen LogP contribution in [0.15, 0.2) is 33.0 Å². The minimum atomic E-state index is -1.50. The number of anilines is 3. The van der Waals surface area contributed by atoms with Gasteiger partial charge in [0, 0.05) is 23.9 Å². The number of nitrogens with one attached hydrogen (secondary N) is 2. The second kappa shape index (κ2) is 11.3. The van der Waals surface area contributed by atoms with E-state index in [0.29, 0.717) is 16.5 Å². The van der Waals surface area contributed by atoms with Crippen LogP contribution in [0, 0.1) is 0 Å². The molecule has 8 N–H and O–H groups in total. The molecule has 15 nitrogen and oxygen atoms in total. The molecule has 202 valence electrons. The van der Waals surface area contributed by atoms with Crippen molar-refractivity contribution in [2.75, 3.05) is 47.8 Å². The topological polar surface area (TPSA) is 231 Å². The standard InChI is InChI=1S/C20H24N10O5S3/c1-3-35-28-12(9-7-37-19(22)25-9)15(31)27-13-16(32)29-14(18(33)34)8(5-36-17(13)29)6-38-20-26-10(21)4-11(24-2)30(20)23/h4,7,13,17H,3,5-6,23H2,1-2H3,(H6,21,22,24,25,27,31,33,34)/b28-12-/t13?,17-/m1/s1. The molecule has 1 fully saturated rings. The molecule has 4 heterocycles. The van der Waals surface area contributed by atoms with Gasteiger partial charge in [-0.05, 0) is 24.3 Å². The molecule has 2 aliphatic rings. The van der Waals surface area contributed by atoms with E-state index in [1.807, 2.05) is 0 Å². The van der Waals surface area contributed by atoms with Crippen LogP contribution < -0.4 is 37.7 Å². The molecule has 0 aliphatic carbocycles. The highest BCUT2D eigenvalue weighted by Crippen LogP contribution is 2.41. The molecular weight excluding hydrogens is 556 g/mol. The van der Waals surface area contributed by atoms with Gasteiger partial charge in [0.15, 0.2) is 10.8 Å². The van der Waals surface area contributed by atoms with Crippen molar-refractivity contribution < 1.29 is 29.0 Å². The predicted molar refractivity (Wildman–Crippen MR) is 141 cm³/mol. The number of fused-ring (bicyclic) bond motifs is 1. The highest BCUT2D eigenvalue weighted by atomic mass is 32.2. The van der Waals surface area contributed by atoms with Crippen molar-refractivity contribution in [3.63, 3.8) is 0 Å². The second-order valence-electron chi connectivity index (χ2n) is 7.79. The molecule has 4 rings (SSSR count). The first kappa shape index (κ1) is 27.3. The number of rotatable bonds is 10. The van der Waals surface area contributed by atoms with Gasteiger partial charge in [-0.15, -0.1) is 27.8 Å². The van der Waals surface area contributed by atoms with Crippen molar-refractivity contribution in [1.29, 1.82) is 0 Å². The molecule has 0 saturated carbocycles. The van der Waals surface area contributed by atoms with Gasteiger partial charge in [0.05, 0.1) is 17.7 Å². The molecule has 0 bridgehead atoms. The summed E-state index contributed by atoms with van der Waals surface area (Å²) in [5, 5.41) is 22.9. The summed E-state index contributed by atoms with van der Waals surface area (Å²) in [7, 11) is 1.67. The maximum absolute atomic E-state index is 13.0. The zero-order chi connectivity index (χ0) is 27.6. The SMILES string of the molecule is CCO/N=C(\C(=O)NC1C(=O)N2C(C(=O)[O-])=C(CSc3nc(N)cc(NC)[n+]3N)CS[C@H]12)c1csc(N)n1. The number of hydrogen-bond acceptors (Lipinski definition) is 15. The third kappa shape index (κ3) is 5.27. The van der Waals surface area contributed by atoms with E-state index in [4.69, 9.17) is 22.1 Å². The van der Waals surface area contributed by atoms with E-state index in [-0.39, 0.29) is 46.2 Å². The van der Waals surface area contributed by atoms with E-state index in [0.717, 1.165) is 28.0 Å². The number of aliphatic carboxylic acids is 1. The van der Waals surface area contributed by atoms with Gasteiger partial charge in [-0.3, -0.25) is 20.3 Å². The Morgan fingerprint density at radius 1 is 1.39 bits per heavy atom. The molecule has 2 atom stereocenters. The van der Waals surface area contributed by atoms with Crippen molar-refractivity contribution in [3.05, 3.63) is 28.4 Å². The van der Waals surface area contributed by atoms with E-state index in [9.17, 15) is 19.5 Å². The number of carbonyl (C=O) groups is 3. The lowest BCUT2D eigenvalue weighted by atomic mass is 10.0. The lowest BCUT2D eigenvalue weighted by molar-refractivity contribution is -0.667. The fourth-order valence-corrected chi connectivity index (χ4v) is 6.65. The van der Waals surface area contributed by atoms with Gasteiger partial charge < -0.3 is 36.8 Å². The Hall–Kier alpha value is -3.77. The van der Waals surface area contributed by atoms with Crippen molar-refractivity contribution in [2.24, 2.45) is 5.16 Å². The van der Waals surface area contributed by atoms with Crippen LogP contribution in [0.5, 0.6) is 0 Å². The number of thiazole rings is 1. The molecule has 1 saturated heterocycles. The molecule has 38 heavy (non-hydrogen) atoms. The second-order valence-corrected chi connectivity index (χ2v) is 10.7. The maximum Gasteiger partial charge on any atom is 0.322 e. The average molecular weight is 581 g/mol. The van der Waals surface area contributed by atoms with Crippen LogP contribution in [0.1, 0.15) is 12.6 Å². The van der Waals surface area contributed by atoms with Gasteiger partial charge >= 0.3 is 5.16 Å². The van der Waals surface area contributed by atoms with Gasteiger partial charge in [0.2, 0.25) is 11.6 Å². The normalized spacial score (nSPS) is 19.1. The van der Waals surface area contributed by atoms with E-state index in [2.05, 4.69) is 25.8 Å². The number of nitrogen functional groups attached to an aromatic ring is 3. The Bertz CT molecular complexity index is 1350. The van der Waals surface area contributed by atoms with Crippen molar-refractivity contribution in [3.8, 4) is 0 Å². The summed E-state index contributed by atoms with van der Waals surface area (Å²) in [4.78, 5) is 52.5. The van der Waals surface area contributed by atoms with Crippen molar-refractivity contribution in [1.82, 2.24) is 20.2 Å². The molecular formula is C20H24N10O5S3. The highest BCUT2D eigenvalue weighted by Gasteiger charge is 2.53. The molecule has 2 aliphatic heterocycles. The first-order valence-electron chi connectivity index (χ1n) is 11.0. The monoisotopic (exact) mass is 580 g/mol. The van der Waals surface area contributed by atoms with E-state index < -0.39 is 29.2 Å². The fourth-order valence-electron chi connectivity index (χ4n) is 3.68. The van der Waals surface area contributed by atoms with Crippen LogP contribution in [-0.4, -0.2) is 74.9 Å². The number of nitrogens with zero attached hydrogens (tertiary/aromatic N) is 5. The average Bonchev–Trinajstić information content (AvgIpc) is 3.32. The minimum absolute atomic E-state index is 0.148. The summed E-state index contributed by atoms with van der Waals surface area (Å²) >= 11 is 3.58. The summed E-state index contributed by atoms with van der Waals surface area (Å²) < 4.78 is 1.29. The first-order valence-corrected chi connectivity index (χ1v) is 14.0. The highest BCUT2D eigenvalue weighted by molar-refractivity contribution is 8.01. The van der Waals surface area contributed by atoms with Gasteiger partial charge in [-0.1, -0.05) is 10.1 Å². The zero-order valence-electron chi connectivity index (χ0n) is 20.2. The molecule has 0 spiro atoms. The van der Waals surface area contributed by atoms with Crippen molar-refractivity contribution >= 4 is 75.1 Å². The number of thioether (sulfide) groups is 2. The number of aromatic nitrogens is 3. The number of carboxylic acids is 1. The van der Waals surface area contributed by atoms with Crippen molar-refractivity contribution in [2.45, 2.75) is 23.5 Å². The lowest BCUT2D eigenvalue weighted by Crippen LogP contribution is -2.71. The van der Waals surface area contributed by atoms with Crippen LogP contribution in [0.2, 0.25) is 0 Å². The number of carbonyl (C=O) groups excluding carboxylic acids is 3. The molecule has 18 heteroatoms. The van der Waals surface area contributed by atoms with Gasteiger partial charge in [0.25, 0.3) is 11.8 Å². The van der Waals surface area contributed by atoms with Crippen LogP contribution in [0.25, 0.3) is 0 Å². The Balaban J connectivity index is 1.51. The largest absolute Gasteiger partial charge is 0.543 e. The Labute approximate surface area is 228 Å². The zero-order valence-corrected chi connectivity index (χ0v) is 22.6. The molecule has 0 radical (unpaired) electrons. The minimum Gasteiger partial charge on any atom is -0.543 e. The van der Waals surface area contributed by atoms with Crippen LogP contribution in [0.4, 0.5) is 16.8 Å². The smallest absolute Gasteiger partial charge is 0.322 e. The number of nitrogens with two attached hydrogens (primary N) is 3. The van der Waals surface area contributed by atoms with Crippen LogP contribution in [0.3, 0.4) is 0 Å². The molecule has 2 aromatic heterocycles. The number of oxime groups is 1. The molecule has 0 aromatic carbocycles. The Kier molecular flexibility index (Phi) is 8.12. The van der Waals surface area contributed by atoms with Gasteiger partial charge in [-0.2, -0.15) is 0 Å². The summed E-state index contributed by atoms with van der Waals surface area (Å²) in [5.74, 6) is 4.42. The fraction of sp³-hybridized carbons (Fsp3) is 0.350. The van der Waals surface area contributed by atoms with E-state index >= 15 is 0 Å². The van der Waals surface area contributed by atoms with Crippen LogP contribution >= 0.6 is 34.9 Å². The first-order chi connectivity index (χ1) is 18.2. The Morgan fingerprint density at radius 2 is 2.16 bits per heavy atom. The van der Waals surface area contributed by atoms with E-state index in [1.54, 1.807) is 20.0 Å². The number of hydrogen-bond donors (Lipinski definition) is 5. The molecule has 2 amide bonds. The Morgan fingerprint density at radius 3 is 2.79 bits per heavy atom. The third-order valence-corrected chi connectivity index (χ3v) is 8.45.